The lowest BCUT2D eigenvalue weighted by molar-refractivity contribution is -0.137. The minimum atomic E-state index is -4.51. The quantitative estimate of drug-likeness (QED) is 0.356. The number of nitrogens with one attached hydrogen (secondary N) is 2. The molecule has 0 atom stereocenters. The van der Waals surface area contributed by atoms with Gasteiger partial charge >= 0.3 is 6.18 Å². The van der Waals surface area contributed by atoms with E-state index in [-0.39, 0.29) is 23.7 Å². The second kappa shape index (κ2) is 9.70. The maximum Gasteiger partial charge on any atom is 0.416 e. The number of carbonyl (C=O) groups is 1. The van der Waals surface area contributed by atoms with Crippen LogP contribution in [0.3, 0.4) is 0 Å². The zero-order chi connectivity index (χ0) is 27.0. The van der Waals surface area contributed by atoms with Crippen molar-refractivity contribution in [3.05, 3.63) is 116 Å². The van der Waals surface area contributed by atoms with Gasteiger partial charge < -0.3 is 19.8 Å². The van der Waals surface area contributed by atoms with Crippen LogP contribution in [-0.4, -0.2) is 15.9 Å². The summed E-state index contributed by atoms with van der Waals surface area (Å²) in [5.74, 6) is 0.599. The average molecular weight is 521 g/mol. The van der Waals surface area contributed by atoms with Crippen LogP contribution in [0.25, 0.3) is 0 Å². The largest absolute Gasteiger partial charge is 0.486 e. The van der Waals surface area contributed by atoms with Gasteiger partial charge in [-0.25, -0.2) is 4.98 Å². The first-order valence-electron chi connectivity index (χ1n) is 11.7. The van der Waals surface area contributed by atoms with Gasteiger partial charge in [0.1, 0.15) is 35.2 Å². The topological polar surface area (TPSA) is 93.3 Å². The van der Waals surface area contributed by atoms with Gasteiger partial charge in [0.2, 0.25) is 0 Å². The minimum Gasteiger partial charge on any atom is -0.486 e. The maximum absolute atomic E-state index is 13.2. The molecule has 10 heteroatoms. The fourth-order valence-corrected chi connectivity index (χ4v) is 4.17. The third-order valence-electron chi connectivity index (χ3n) is 6.09. The molecule has 7 nitrogen and oxygen atoms in total. The Hall–Kier alpha value is -4.60. The highest BCUT2D eigenvalue weighted by molar-refractivity contribution is 5.94. The smallest absolute Gasteiger partial charge is 0.416 e. The molecule has 194 valence electrons. The molecule has 2 N–H and O–H groups in total. The molecular formula is C28H22F3N3O4. The lowest BCUT2D eigenvalue weighted by atomic mass is 9.92. The number of alkyl halides is 3. The van der Waals surface area contributed by atoms with Crippen molar-refractivity contribution in [1.29, 1.82) is 0 Å². The number of nitrogens with zero attached hydrogens (tertiary/aromatic N) is 1. The molecule has 1 aromatic heterocycles. The van der Waals surface area contributed by atoms with E-state index in [1.807, 2.05) is 50.2 Å². The molecular weight excluding hydrogens is 499 g/mol. The van der Waals surface area contributed by atoms with Crippen molar-refractivity contribution in [2.45, 2.75) is 32.7 Å². The number of halogens is 3. The van der Waals surface area contributed by atoms with E-state index in [4.69, 9.17) is 9.47 Å². The molecule has 0 fully saturated rings. The predicted octanol–water partition coefficient (Wildman–Crippen LogP) is 5.61. The summed E-state index contributed by atoms with van der Waals surface area (Å²) < 4.78 is 50.2. The van der Waals surface area contributed by atoms with Crippen molar-refractivity contribution < 1.29 is 27.4 Å². The highest BCUT2D eigenvalue weighted by Crippen LogP contribution is 2.43. The summed E-state index contributed by atoms with van der Waals surface area (Å²) >= 11 is 0. The van der Waals surface area contributed by atoms with Crippen LogP contribution >= 0.6 is 0 Å². The Labute approximate surface area is 215 Å². The van der Waals surface area contributed by atoms with E-state index in [0.29, 0.717) is 11.5 Å². The molecule has 0 radical (unpaired) electrons. The highest BCUT2D eigenvalue weighted by Gasteiger charge is 2.31. The number of H-pyrrole nitrogens is 1. The Kier molecular flexibility index (Phi) is 6.40. The van der Waals surface area contributed by atoms with Crippen molar-refractivity contribution in [1.82, 2.24) is 15.3 Å². The maximum atomic E-state index is 13.2. The third kappa shape index (κ3) is 5.10. The fourth-order valence-electron chi connectivity index (χ4n) is 4.17. The molecule has 0 aliphatic carbocycles. The molecule has 1 amide bonds. The summed E-state index contributed by atoms with van der Waals surface area (Å²) in [6, 6.07) is 15.1. The summed E-state index contributed by atoms with van der Waals surface area (Å²) in [7, 11) is 0. The van der Waals surface area contributed by atoms with Crippen LogP contribution in [0.1, 0.15) is 50.0 Å². The Bertz CT molecular complexity index is 1550. The molecule has 0 unspecified atom stereocenters. The van der Waals surface area contributed by atoms with Crippen LogP contribution < -0.4 is 20.3 Å². The van der Waals surface area contributed by atoms with Gasteiger partial charge in [-0.1, -0.05) is 30.3 Å². The van der Waals surface area contributed by atoms with Crippen molar-refractivity contribution >= 4 is 5.91 Å². The van der Waals surface area contributed by atoms with Gasteiger partial charge in [-0.2, -0.15) is 13.2 Å². The van der Waals surface area contributed by atoms with E-state index in [1.165, 1.54) is 12.1 Å². The Morgan fingerprint density at radius 2 is 1.68 bits per heavy atom. The first-order chi connectivity index (χ1) is 18.1. The summed E-state index contributed by atoms with van der Waals surface area (Å²) in [4.78, 5) is 32.4. The van der Waals surface area contributed by atoms with E-state index >= 15 is 0 Å². The predicted molar refractivity (Wildman–Crippen MR) is 132 cm³/mol. The zero-order valence-electron chi connectivity index (χ0n) is 20.3. The molecule has 0 bridgehead atoms. The van der Waals surface area contributed by atoms with Crippen molar-refractivity contribution in [3.63, 3.8) is 0 Å². The van der Waals surface area contributed by atoms with Gasteiger partial charge in [0.15, 0.2) is 0 Å². The lowest BCUT2D eigenvalue weighted by Gasteiger charge is -2.29. The number of amides is 1. The molecule has 38 heavy (non-hydrogen) atoms. The molecule has 5 rings (SSSR count). The molecule has 3 aromatic carbocycles. The zero-order valence-corrected chi connectivity index (χ0v) is 20.3. The molecule has 1 aliphatic rings. The number of fused-ring (bicyclic) bond motifs is 2. The Balaban J connectivity index is 1.35. The molecule has 4 aromatic rings. The summed E-state index contributed by atoms with van der Waals surface area (Å²) in [6.45, 7) is 3.58. The summed E-state index contributed by atoms with van der Waals surface area (Å²) in [5.41, 5.74) is 1.70. The van der Waals surface area contributed by atoms with E-state index in [1.54, 1.807) is 0 Å². The number of aryl methyl sites for hydroxylation is 2. The Morgan fingerprint density at radius 1 is 1.03 bits per heavy atom. The van der Waals surface area contributed by atoms with Crippen LogP contribution in [0, 0.1) is 13.8 Å². The third-order valence-corrected chi connectivity index (χ3v) is 6.09. The van der Waals surface area contributed by atoms with Gasteiger partial charge in [0.25, 0.3) is 11.5 Å². The normalized spacial score (nSPS) is 12.8. The van der Waals surface area contributed by atoms with Crippen LogP contribution in [0.2, 0.25) is 0 Å². The minimum absolute atomic E-state index is 0.0355. The summed E-state index contributed by atoms with van der Waals surface area (Å²) in [5, 5.41) is 2.91. The van der Waals surface area contributed by atoms with Gasteiger partial charge in [-0.3, -0.25) is 9.59 Å². The van der Waals surface area contributed by atoms with E-state index in [0.717, 1.165) is 40.6 Å². The molecule has 1 aliphatic heterocycles. The number of hydrogen-bond acceptors (Lipinski definition) is 5. The first kappa shape index (κ1) is 25.1. The molecule has 0 spiro atoms. The number of rotatable bonds is 5. The second-order valence-corrected chi connectivity index (χ2v) is 8.98. The molecule has 0 saturated carbocycles. The van der Waals surface area contributed by atoms with E-state index < -0.39 is 29.2 Å². The van der Waals surface area contributed by atoms with Crippen molar-refractivity contribution in [2.75, 3.05) is 0 Å². The summed E-state index contributed by atoms with van der Waals surface area (Å²) in [6.07, 6.45) is -3.39. The number of aromatic amines is 1. The molecule has 2 heterocycles. The number of ether oxygens (including phenoxy) is 2. The second-order valence-electron chi connectivity index (χ2n) is 8.98. The number of hydrogen-bond donors (Lipinski definition) is 2. The monoisotopic (exact) mass is 521 g/mol. The molecule has 0 saturated heterocycles. The number of carbonyl (C=O) groups excluding carboxylic acids is 1. The lowest BCUT2D eigenvalue weighted by Crippen LogP contribution is -2.35. The van der Waals surface area contributed by atoms with E-state index in [2.05, 4.69) is 15.3 Å². The van der Waals surface area contributed by atoms with Gasteiger partial charge in [0, 0.05) is 17.3 Å². The first-order valence-corrected chi connectivity index (χ1v) is 11.7. The fraction of sp³-hybridized carbons (Fsp3) is 0.179. The van der Waals surface area contributed by atoms with Crippen LogP contribution in [0.15, 0.2) is 71.7 Å². The van der Waals surface area contributed by atoms with Gasteiger partial charge in [0.05, 0.1) is 11.6 Å². The van der Waals surface area contributed by atoms with Gasteiger partial charge in [-0.15, -0.1) is 0 Å². The SMILES string of the molecule is Cc1ccc2c(c1)Oc1cc(C)ccc1C2NC(=O)c1cnc(COc2cccc(C(F)(F)F)c2)[nH]c1=O. The van der Waals surface area contributed by atoms with Crippen LogP contribution in [0.4, 0.5) is 13.2 Å². The van der Waals surface area contributed by atoms with Crippen LogP contribution in [-0.2, 0) is 12.8 Å². The van der Waals surface area contributed by atoms with Crippen molar-refractivity contribution in [2.24, 2.45) is 0 Å². The van der Waals surface area contributed by atoms with Crippen LogP contribution in [0.5, 0.6) is 17.2 Å². The number of aromatic nitrogens is 2. The number of benzene rings is 3. The standard InChI is InChI=1S/C28H22F3N3O4/c1-15-6-8-19-22(10-15)38-23-11-16(2)7-9-20(23)25(19)34-27(36)21-13-32-24(33-26(21)35)14-37-18-5-3-4-17(12-18)28(29,30)31/h3-13,25H,14H2,1-2H3,(H,34,36)(H,32,33,35). The van der Waals surface area contributed by atoms with Crippen molar-refractivity contribution in [3.8, 4) is 17.2 Å². The highest BCUT2D eigenvalue weighted by atomic mass is 19.4. The Morgan fingerprint density at radius 3 is 2.29 bits per heavy atom. The average Bonchev–Trinajstić information content (AvgIpc) is 2.86. The van der Waals surface area contributed by atoms with Gasteiger partial charge in [-0.05, 0) is 55.3 Å². The van der Waals surface area contributed by atoms with E-state index in [9.17, 15) is 22.8 Å².